The van der Waals surface area contributed by atoms with Crippen molar-refractivity contribution in [1.82, 2.24) is 5.32 Å². The van der Waals surface area contributed by atoms with Crippen LogP contribution in [0.5, 0.6) is 0 Å². The molecule has 0 saturated heterocycles. The molecule has 0 aliphatic rings. The Morgan fingerprint density at radius 3 is 2.43 bits per heavy atom. The fourth-order valence-electron chi connectivity index (χ4n) is 3.25. The van der Waals surface area contributed by atoms with Gasteiger partial charge >= 0.3 is 6.09 Å². The minimum atomic E-state index is -0.878. The van der Waals surface area contributed by atoms with Crippen molar-refractivity contribution in [3.8, 4) is 0 Å². The van der Waals surface area contributed by atoms with E-state index in [1.54, 1.807) is 27.7 Å². The molecule has 2 aromatic carbocycles. The lowest BCUT2D eigenvalue weighted by molar-refractivity contribution is -0.120. The summed E-state index contributed by atoms with van der Waals surface area (Å²) >= 11 is 0. The normalized spacial score (nSPS) is 13.4. The van der Waals surface area contributed by atoms with E-state index in [9.17, 15) is 14.4 Å². The molecule has 2 atom stereocenters. The maximum Gasteiger partial charge on any atom is 0.408 e. The second-order valence-corrected chi connectivity index (χ2v) is 8.35. The fourth-order valence-corrected chi connectivity index (χ4v) is 3.25. The summed E-state index contributed by atoms with van der Waals surface area (Å²) in [6.07, 6.45) is 3.52. The summed E-state index contributed by atoms with van der Waals surface area (Å²) in [5.74, 6) is -0.387. The number of carbonyl (C=O) groups is 2. The van der Waals surface area contributed by atoms with Crippen LogP contribution in [-0.2, 0) is 14.3 Å². The van der Waals surface area contributed by atoms with Crippen LogP contribution in [-0.4, -0.2) is 36.0 Å². The molecular formula is C24H31N2O4. The lowest BCUT2D eigenvalue weighted by atomic mass is 10.0. The first-order valence-electron chi connectivity index (χ1n) is 10.4. The fraction of sp³-hybridized carbons (Fsp3) is 0.458. The molecule has 161 valence electrons. The summed E-state index contributed by atoms with van der Waals surface area (Å²) in [7, 11) is 0. The maximum absolute atomic E-state index is 13.4. The van der Waals surface area contributed by atoms with Crippen LogP contribution in [0.15, 0.2) is 42.5 Å². The van der Waals surface area contributed by atoms with Gasteiger partial charge in [0.05, 0.1) is 5.69 Å². The molecule has 0 unspecified atom stereocenters. The lowest BCUT2D eigenvalue weighted by Crippen LogP contribution is -2.52. The molecule has 2 aromatic rings. The third-order valence-corrected chi connectivity index (χ3v) is 4.65. The van der Waals surface area contributed by atoms with Crippen molar-refractivity contribution in [1.29, 1.82) is 0 Å². The van der Waals surface area contributed by atoms with Crippen molar-refractivity contribution < 1.29 is 19.1 Å². The van der Waals surface area contributed by atoms with Gasteiger partial charge < -0.3 is 10.1 Å². The third kappa shape index (κ3) is 6.05. The average molecular weight is 412 g/mol. The topological polar surface area (TPSA) is 75.7 Å². The second kappa shape index (κ2) is 10.2. The van der Waals surface area contributed by atoms with Crippen LogP contribution in [0.2, 0.25) is 0 Å². The van der Waals surface area contributed by atoms with Crippen LogP contribution in [0.3, 0.4) is 0 Å². The smallest absolute Gasteiger partial charge is 0.408 e. The molecule has 6 heteroatoms. The Bertz CT molecular complexity index is 883. The van der Waals surface area contributed by atoms with Crippen LogP contribution in [0.25, 0.3) is 10.8 Å². The summed E-state index contributed by atoms with van der Waals surface area (Å²) < 4.78 is 5.27. The highest BCUT2D eigenvalue weighted by molar-refractivity contribution is 6.08. The Labute approximate surface area is 178 Å². The molecule has 6 nitrogen and oxygen atoms in total. The van der Waals surface area contributed by atoms with Gasteiger partial charge in [0.15, 0.2) is 0 Å². The number of anilines is 1. The van der Waals surface area contributed by atoms with Crippen molar-refractivity contribution in [2.45, 2.75) is 71.6 Å². The highest BCUT2D eigenvalue weighted by Crippen LogP contribution is 2.29. The molecule has 30 heavy (non-hydrogen) atoms. The molecule has 0 saturated carbocycles. The largest absolute Gasteiger partial charge is 0.444 e. The zero-order valence-corrected chi connectivity index (χ0v) is 18.4. The maximum atomic E-state index is 13.4. The van der Waals surface area contributed by atoms with Gasteiger partial charge in [0.25, 0.3) is 0 Å². The van der Waals surface area contributed by atoms with Crippen molar-refractivity contribution in [3.05, 3.63) is 42.5 Å². The van der Waals surface area contributed by atoms with Gasteiger partial charge in [0.1, 0.15) is 17.7 Å². The van der Waals surface area contributed by atoms with Crippen LogP contribution >= 0.6 is 0 Å². The SMILES string of the molecule is CCCC[C@@H]([C]=O)N(C(=O)[C@H](C)NC(=O)OC(C)(C)C)c1cccc2ccccc12. The first-order valence-corrected chi connectivity index (χ1v) is 10.4. The van der Waals surface area contributed by atoms with E-state index in [2.05, 4.69) is 5.32 Å². The number of amides is 2. The lowest BCUT2D eigenvalue weighted by Gasteiger charge is -2.32. The van der Waals surface area contributed by atoms with E-state index in [1.165, 1.54) is 4.90 Å². The Morgan fingerprint density at radius 2 is 1.80 bits per heavy atom. The van der Waals surface area contributed by atoms with Gasteiger partial charge in [0, 0.05) is 5.39 Å². The van der Waals surface area contributed by atoms with E-state index >= 15 is 0 Å². The molecule has 1 radical (unpaired) electrons. The minimum absolute atomic E-state index is 0.387. The Morgan fingerprint density at radius 1 is 1.13 bits per heavy atom. The third-order valence-electron chi connectivity index (χ3n) is 4.65. The van der Waals surface area contributed by atoms with Crippen molar-refractivity contribution in [2.75, 3.05) is 4.90 Å². The predicted octanol–water partition coefficient (Wildman–Crippen LogP) is 4.75. The summed E-state index contributed by atoms with van der Waals surface area (Å²) in [5.41, 5.74) is -0.0528. The van der Waals surface area contributed by atoms with Crippen LogP contribution in [0.4, 0.5) is 10.5 Å². The molecule has 0 bridgehead atoms. The van der Waals surface area contributed by atoms with Crippen molar-refractivity contribution >= 4 is 34.7 Å². The molecular weight excluding hydrogens is 380 g/mol. The first kappa shape index (κ1) is 23.4. The molecule has 0 aromatic heterocycles. The molecule has 2 rings (SSSR count). The number of carbonyl (C=O) groups excluding carboxylic acids is 3. The number of nitrogens with zero attached hydrogens (tertiary/aromatic N) is 1. The molecule has 0 aliphatic heterocycles. The quantitative estimate of drug-likeness (QED) is 0.680. The van der Waals surface area contributed by atoms with Crippen LogP contribution in [0, 0.1) is 0 Å². The van der Waals surface area contributed by atoms with E-state index < -0.39 is 23.8 Å². The Balaban J connectivity index is 2.41. The van der Waals surface area contributed by atoms with Crippen LogP contribution < -0.4 is 10.2 Å². The molecule has 0 aliphatic carbocycles. The number of ether oxygens (including phenoxy) is 1. The molecule has 0 spiro atoms. The van der Waals surface area contributed by atoms with Gasteiger partial charge in [-0.05, 0) is 45.6 Å². The number of hydrogen-bond donors (Lipinski definition) is 1. The number of benzene rings is 2. The number of rotatable bonds is 8. The monoisotopic (exact) mass is 411 g/mol. The second-order valence-electron chi connectivity index (χ2n) is 8.35. The van der Waals surface area contributed by atoms with E-state index in [-0.39, 0.29) is 5.91 Å². The number of unbranched alkanes of at least 4 members (excludes halogenated alkanes) is 1. The predicted molar refractivity (Wildman–Crippen MR) is 119 cm³/mol. The number of nitrogens with one attached hydrogen (secondary N) is 1. The number of hydrogen-bond acceptors (Lipinski definition) is 4. The molecule has 0 heterocycles. The average Bonchev–Trinajstić information content (AvgIpc) is 2.69. The van der Waals surface area contributed by atoms with E-state index in [4.69, 9.17) is 4.74 Å². The van der Waals surface area contributed by atoms with Crippen molar-refractivity contribution in [2.24, 2.45) is 0 Å². The number of fused-ring (bicyclic) bond motifs is 1. The summed E-state index contributed by atoms with van der Waals surface area (Å²) in [6.45, 7) is 8.88. The number of alkyl carbamates (subject to hydrolysis) is 1. The van der Waals surface area contributed by atoms with Gasteiger partial charge in [-0.15, -0.1) is 0 Å². The van der Waals surface area contributed by atoms with Gasteiger partial charge in [-0.2, -0.15) is 0 Å². The van der Waals surface area contributed by atoms with E-state index in [0.29, 0.717) is 12.1 Å². The van der Waals surface area contributed by atoms with Gasteiger partial charge in [-0.3, -0.25) is 14.5 Å². The molecule has 0 fully saturated rings. The minimum Gasteiger partial charge on any atom is -0.444 e. The molecule has 1 N–H and O–H groups in total. The standard InChI is InChI=1S/C24H31N2O4/c1-6-7-13-19(16-27)26(21-15-10-12-18-11-8-9-14-20(18)21)22(28)17(2)25-23(29)30-24(3,4)5/h8-12,14-15,17,19H,6-7,13H2,1-5H3,(H,25,29)/t17-,19-/m0/s1. The van der Waals surface area contributed by atoms with Crippen molar-refractivity contribution in [3.63, 3.8) is 0 Å². The Kier molecular flexibility index (Phi) is 7.98. The zero-order chi connectivity index (χ0) is 22.3. The van der Waals surface area contributed by atoms with Crippen LogP contribution in [0.1, 0.15) is 53.9 Å². The highest BCUT2D eigenvalue weighted by atomic mass is 16.6. The van der Waals surface area contributed by atoms with Gasteiger partial charge in [-0.25, -0.2) is 4.79 Å². The summed E-state index contributed by atoms with van der Waals surface area (Å²) in [5, 5.41) is 4.40. The highest BCUT2D eigenvalue weighted by Gasteiger charge is 2.31. The molecule has 2 amide bonds. The van der Waals surface area contributed by atoms with Gasteiger partial charge in [0.2, 0.25) is 12.2 Å². The zero-order valence-electron chi connectivity index (χ0n) is 18.4. The Hall–Kier alpha value is -2.89. The van der Waals surface area contributed by atoms with E-state index in [0.717, 1.165) is 23.6 Å². The summed E-state index contributed by atoms with van der Waals surface area (Å²) in [6, 6.07) is 11.7. The summed E-state index contributed by atoms with van der Waals surface area (Å²) in [4.78, 5) is 38.9. The first-order chi connectivity index (χ1) is 14.2. The van der Waals surface area contributed by atoms with Gasteiger partial charge in [-0.1, -0.05) is 56.2 Å². The van der Waals surface area contributed by atoms with E-state index in [1.807, 2.05) is 55.7 Å².